The number of ether oxygens (including phenoxy) is 1. The van der Waals surface area contributed by atoms with E-state index in [9.17, 15) is 9.59 Å². The number of aromatic nitrogens is 4. The number of hydrazone groups is 1. The highest BCUT2D eigenvalue weighted by Gasteiger charge is 2.18. The zero-order valence-corrected chi connectivity index (χ0v) is 14.8. The summed E-state index contributed by atoms with van der Waals surface area (Å²) < 4.78 is 9.19. The average Bonchev–Trinajstić information content (AvgIpc) is 3.02. The van der Waals surface area contributed by atoms with Crippen molar-refractivity contribution in [2.45, 2.75) is 6.54 Å². The van der Waals surface area contributed by atoms with Gasteiger partial charge in [0, 0.05) is 27.7 Å². The van der Waals surface area contributed by atoms with Crippen LogP contribution in [0.2, 0.25) is 0 Å². The van der Waals surface area contributed by atoms with Gasteiger partial charge in [-0.2, -0.15) is 10.1 Å². The van der Waals surface area contributed by atoms with Crippen LogP contribution in [0.5, 0.6) is 0 Å². The smallest absolute Gasteiger partial charge is 0.332 e. The summed E-state index contributed by atoms with van der Waals surface area (Å²) in [5.74, 6) is 0.363. The fourth-order valence-corrected chi connectivity index (χ4v) is 2.64. The van der Waals surface area contributed by atoms with Crippen LogP contribution in [0, 0.1) is 0 Å². The van der Waals surface area contributed by atoms with Gasteiger partial charge in [0.15, 0.2) is 11.2 Å². The van der Waals surface area contributed by atoms with Gasteiger partial charge in [0.25, 0.3) is 5.56 Å². The van der Waals surface area contributed by atoms with E-state index in [0.29, 0.717) is 30.3 Å². The number of benzene rings is 1. The molecule has 0 amide bonds. The zero-order chi connectivity index (χ0) is 18.7. The first kappa shape index (κ1) is 17.6. The highest BCUT2D eigenvalue weighted by atomic mass is 16.5. The van der Waals surface area contributed by atoms with Gasteiger partial charge < -0.3 is 9.30 Å². The van der Waals surface area contributed by atoms with Crippen LogP contribution in [0.25, 0.3) is 11.2 Å². The van der Waals surface area contributed by atoms with E-state index in [1.807, 2.05) is 30.3 Å². The van der Waals surface area contributed by atoms with Gasteiger partial charge in [0.05, 0.1) is 12.8 Å². The molecule has 0 atom stereocenters. The lowest BCUT2D eigenvalue weighted by molar-refractivity contribution is 0.188. The number of nitrogens with one attached hydrogen (secondary N) is 1. The minimum absolute atomic E-state index is 0.298. The Morgan fingerprint density at radius 2 is 1.92 bits per heavy atom. The van der Waals surface area contributed by atoms with Crippen LogP contribution >= 0.6 is 0 Å². The Labute approximate surface area is 149 Å². The molecule has 0 aliphatic carbocycles. The number of methoxy groups -OCH3 is 1. The minimum Gasteiger partial charge on any atom is -0.383 e. The van der Waals surface area contributed by atoms with E-state index in [1.54, 1.807) is 24.9 Å². The summed E-state index contributed by atoms with van der Waals surface area (Å²) in [4.78, 5) is 29.1. The molecule has 0 aliphatic rings. The zero-order valence-electron chi connectivity index (χ0n) is 14.8. The Morgan fingerprint density at radius 3 is 2.62 bits per heavy atom. The molecule has 1 N–H and O–H groups in total. The summed E-state index contributed by atoms with van der Waals surface area (Å²) in [6, 6.07) is 9.58. The summed E-state index contributed by atoms with van der Waals surface area (Å²) in [7, 11) is 4.60. The van der Waals surface area contributed by atoms with Crippen LogP contribution in [-0.4, -0.2) is 38.6 Å². The van der Waals surface area contributed by atoms with Crippen molar-refractivity contribution >= 4 is 23.3 Å². The Hall–Kier alpha value is -3.20. The second-order valence-electron chi connectivity index (χ2n) is 5.74. The topological polar surface area (TPSA) is 95.4 Å². The largest absolute Gasteiger partial charge is 0.383 e. The van der Waals surface area contributed by atoms with E-state index in [1.165, 1.54) is 11.6 Å². The SMILES string of the molecule is COCCn1c(NN=Cc2ccccc2)nc2c1c(=O)n(C)c(=O)n2C. The normalized spacial score (nSPS) is 11.5. The molecule has 3 rings (SSSR count). The van der Waals surface area contributed by atoms with Crippen molar-refractivity contribution in [3.8, 4) is 0 Å². The molecular formula is C17H20N6O3. The van der Waals surface area contributed by atoms with Crippen molar-refractivity contribution in [3.63, 3.8) is 0 Å². The third-order valence-corrected chi connectivity index (χ3v) is 4.04. The molecule has 0 saturated heterocycles. The van der Waals surface area contributed by atoms with Crippen LogP contribution in [0.1, 0.15) is 5.56 Å². The van der Waals surface area contributed by atoms with Crippen LogP contribution in [0.15, 0.2) is 45.0 Å². The molecule has 0 bridgehead atoms. The highest BCUT2D eigenvalue weighted by molar-refractivity contribution is 5.80. The number of hydrogen-bond acceptors (Lipinski definition) is 6. The maximum absolute atomic E-state index is 12.6. The Bertz CT molecular complexity index is 1060. The quantitative estimate of drug-likeness (QED) is 0.513. The summed E-state index contributed by atoms with van der Waals surface area (Å²) in [5.41, 5.74) is 3.55. The van der Waals surface area contributed by atoms with Crippen LogP contribution in [-0.2, 0) is 25.4 Å². The van der Waals surface area contributed by atoms with Gasteiger partial charge in [0.1, 0.15) is 0 Å². The molecule has 9 nitrogen and oxygen atoms in total. The van der Waals surface area contributed by atoms with Crippen molar-refractivity contribution in [2.24, 2.45) is 19.2 Å². The van der Waals surface area contributed by atoms with E-state index in [4.69, 9.17) is 4.74 Å². The second kappa shape index (κ2) is 7.36. The van der Waals surface area contributed by atoms with Crippen molar-refractivity contribution in [1.29, 1.82) is 0 Å². The van der Waals surface area contributed by atoms with Gasteiger partial charge in [-0.25, -0.2) is 10.2 Å². The molecule has 0 unspecified atom stereocenters. The first-order chi connectivity index (χ1) is 12.5. The molecule has 3 aromatic rings. The molecule has 1 aromatic carbocycles. The van der Waals surface area contributed by atoms with Crippen molar-refractivity contribution < 1.29 is 4.74 Å². The van der Waals surface area contributed by atoms with Gasteiger partial charge in [-0.15, -0.1) is 0 Å². The van der Waals surface area contributed by atoms with Crippen LogP contribution in [0.3, 0.4) is 0 Å². The third kappa shape index (κ3) is 3.16. The molecule has 136 valence electrons. The van der Waals surface area contributed by atoms with Crippen molar-refractivity contribution in [2.75, 3.05) is 19.1 Å². The lowest BCUT2D eigenvalue weighted by Gasteiger charge is -2.08. The maximum atomic E-state index is 12.6. The molecule has 0 radical (unpaired) electrons. The Kier molecular flexibility index (Phi) is 4.99. The van der Waals surface area contributed by atoms with E-state index in [0.717, 1.165) is 10.1 Å². The van der Waals surface area contributed by atoms with Crippen LogP contribution < -0.4 is 16.7 Å². The molecule has 0 spiro atoms. The van der Waals surface area contributed by atoms with Crippen molar-refractivity contribution in [3.05, 3.63) is 56.7 Å². The molecule has 9 heteroatoms. The van der Waals surface area contributed by atoms with E-state index < -0.39 is 11.2 Å². The number of fused-ring (bicyclic) bond motifs is 1. The van der Waals surface area contributed by atoms with Gasteiger partial charge in [-0.3, -0.25) is 13.9 Å². The summed E-state index contributed by atoms with van der Waals surface area (Å²) >= 11 is 0. The molecule has 0 saturated carbocycles. The molecule has 2 aromatic heterocycles. The number of aryl methyl sites for hydroxylation is 1. The summed E-state index contributed by atoms with van der Waals surface area (Å²) in [6.07, 6.45) is 1.65. The summed E-state index contributed by atoms with van der Waals surface area (Å²) in [6.45, 7) is 0.776. The van der Waals surface area contributed by atoms with Crippen LogP contribution in [0.4, 0.5) is 5.95 Å². The number of nitrogens with zero attached hydrogens (tertiary/aromatic N) is 5. The van der Waals surface area contributed by atoms with E-state index in [-0.39, 0.29) is 0 Å². The van der Waals surface area contributed by atoms with Gasteiger partial charge in [-0.1, -0.05) is 30.3 Å². The highest BCUT2D eigenvalue weighted by Crippen LogP contribution is 2.15. The number of hydrogen-bond donors (Lipinski definition) is 1. The van der Waals surface area contributed by atoms with E-state index in [2.05, 4.69) is 15.5 Å². The van der Waals surface area contributed by atoms with Gasteiger partial charge in [0.2, 0.25) is 5.95 Å². The first-order valence-corrected chi connectivity index (χ1v) is 8.04. The predicted octanol–water partition coefficient (Wildman–Crippen LogP) is 0.526. The lowest BCUT2D eigenvalue weighted by Crippen LogP contribution is -2.37. The average molecular weight is 356 g/mol. The molecule has 26 heavy (non-hydrogen) atoms. The predicted molar refractivity (Wildman–Crippen MR) is 99.7 cm³/mol. The fraction of sp³-hybridized carbons (Fsp3) is 0.294. The minimum atomic E-state index is -0.432. The number of anilines is 1. The Morgan fingerprint density at radius 1 is 1.19 bits per heavy atom. The lowest BCUT2D eigenvalue weighted by atomic mass is 10.2. The molecular weight excluding hydrogens is 336 g/mol. The summed E-state index contributed by atoms with van der Waals surface area (Å²) in [5, 5.41) is 4.18. The second-order valence-corrected chi connectivity index (χ2v) is 5.74. The molecule has 0 fully saturated rings. The monoisotopic (exact) mass is 356 g/mol. The van der Waals surface area contributed by atoms with Crippen molar-refractivity contribution in [1.82, 2.24) is 18.7 Å². The van der Waals surface area contributed by atoms with Gasteiger partial charge in [-0.05, 0) is 5.56 Å². The standard InChI is InChI=1S/C17H20N6O3/c1-21-14-13(15(24)22(2)17(21)25)23(9-10-26-3)16(19-14)20-18-11-12-7-5-4-6-8-12/h4-8,11H,9-10H2,1-3H3,(H,19,20). The first-order valence-electron chi connectivity index (χ1n) is 8.04. The number of imidazole rings is 1. The van der Waals surface area contributed by atoms with E-state index >= 15 is 0 Å². The molecule has 0 aliphatic heterocycles. The number of rotatable bonds is 6. The third-order valence-electron chi connectivity index (χ3n) is 4.04. The van der Waals surface area contributed by atoms with Gasteiger partial charge >= 0.3 is 5.69 Å². The Balaban J connectivity index is 2.08. The molecule has 2 heterocycles. The maximum Gasteiger partial charge on any atom is 0.332 e. The fourth-order valence-electron chi connectivity index (χ4n) is 2.64.